The Balaban J connectivity index is 1.56. The molecule has 0 saturated heterocycles. The predicted octanol–water partition coefficient (Wildman–Crippen LogP) is 5.22. The molecule has 1 aromatic carbocycles. The molecule has 1 N–H and O–H groups in total. The third-order valence-electron chi connectivity index (χ3n) is 5.81. The maximum absolute atomic E-state index is 12.9. The standard InChI is InChI=1S/C27H32N4O3/c1-20-11-12-22(16-29-20)30-25(32)18-31-15-7-13-27(2,3)19-33-23-9-4-5-10-24(23)34-26-21(17-31)8-6-14-28-26/h4-6,8-12,14,16H,7,13,15,17-19H2,1-3H3,(H,30,32). The van der Waals surface area contributed by atoms with Crippen molar-refractivity contribution < 1.29 is 14.3 Å². The minimum absolute atomic E-state index is 0.0201. The number of carbonyl (C=O) groups excluding carboxylic acids is 1. The topological polar surface area (TPSA) is 76.6 Å². The second kappa shape index (κ2) is 10.7. The van der Waals surface area contributed by atoms with Crippen LogP contribution in [0.1, 0.15) is 37.9 Å². The molecule has 0 spiro atoms. The Morgan fingerprint density at radius 2 is 1.91 bits per heavy atom. The van der Waals surface area contributed by atoms with Gasteiger partial charge in [0.25, 0.3) is 0 Å². The molecular formula is C27H32N4O3. The summed E-state index contributed by atoms with van der Waals surface area (Å²) >= 11 is 0. The average molecular weight is 461 g/mol. The molecule has 2 aromatic heterocycles. The molecule has 7 nitrogen and oxygen atoms in total. The molecular weight excluding hydrogens is 428 g/mol. The van der Waals surface area contributed by atoms with Gasteiger partial charge in [-0.1, -0.05) is 32.0 Å². The fraction of sp³-hybridized carbons (Fsp3) is 0.370. The zero-order valence-electron chi connectivity index (χ0n) is 20.1. The van der Waals surface area contributed by atoms with E-state index >= 15 is 0 Å². The molecule has 7 heteroatoms. The minimum Gasteiger partial charge on any atom is -0.489 e. The lowest BCUT2D eigenvalue weighted by Gasteiger charge is -2.27. The molecule has 0 bridgehead atoms. The predicted molar refractivity (Wildman–Crippen MR) is 132 cm³/mol. The Hall–Kier alpha value is -3.45. The Labute approximate surface area is 201 Å². The third-order valence-corrected chi connectivity index (χ3v) is 5.81. The largest absolute Gasteiger partial charge is 0.489 e. The van der Waals surface area contributed by atoms with E-state index < -0.39 is 0 Å². The normalized spacial score (nSPS) is 16.3. The van der Waals surface area contributed by atoms with E-state index in [4.69, 9.17) is 9.47 Å². The fourth-order valence-corrected chi connectivity index (χ4v) is 3.92. The molecule has 3 heterocycles. The lowest BCUT2D eigenvalue weighted by molar-refractivity contribution is -0.117. The first-order valence-electron chi connectivity index (χ1n) is 11.7. The van der Waals surface area contributed by atoms with Crippen molar-refractivity contribution in [2.45, 2.75) is 40.2 Å². The number of anilines is 1. The van der Waals surface area contributed by atoms with Gasteiger partial charge < -0.3 is 14.8 Å². The van der Waals surface area contributed by atoms with Crippen LogP contribution in [0.2, 0.25) is 0 Å². The van der Waals surface area contributed by atoms with Crippen LogP contribution in [0.4, 0.5) is 5.69 Å². The lowest BCUT2D eigenvalue weighted by Crippen LogP contribution is -2.34. The highest BCUT2D eigenvalue weighted by molar-refractivity contribution is 5.92. The first-order chi connectivity index (χ1) is 16.4. The van der Waals surface area contributed by atoms with Gasteiger partial charge in [-0.05, 0) is 62.1 Å². The average Bonchev–Trinajstić information content (AvgIpc) is 2.81. The van der Waals surface area contributed by atoms with Crippen LogP contribution in [0.5, 0.6) is 17.4 Å². The zero-order chi connectivity index (χ0) is 24.0. The van der Waals surface area contributed by atoms with Crippen molar-refractivity contribution in [3.05, 3.63) is 72.2 Å². The minimum atomic E-state index is -0.0748. The third kappa shape index (κ3) is 6.54. The van der Waals surface area contributed by atoms with Crippen LogP contribution >= 0.6 is 0 Å². The summed E-state index contributed by atoms with van der Waals surface area (Å²) in [7, 11) is 0. The SMILES string of the molecule is Cc1ccc(NC(=O)CN2CCCC(C)(C)COc3ccccc3Oc3ncccc3C2)cn1. The molecule has 1 aliphatic heterocycles. The highest BCUT2D eigenvalue weighted by Gasteiger charge is 2.23. The van der Waals surface area contributed by atoms with E-state index in [-0.39, 0.29) is 17.9 Å². The van der Waals surface area contributed by atoms with Crippen LogP contribution in [0.15, 0.2) is 60.9 Å². The first kappa shape index (κ1) is 23.7. The molecule has 0 atom stereocenters. The van der Waals surface area contributed by atoms with Gasteiger partial charge in [-0.3, -0.25) is 14.7 Å². The molecule has 0 fully saturated rings. The van der Waals surface area contributed by atoms with Crippen molar-refractivity contribution in [2.75, 3.05) is 25.0 Å². The van der Waals surface area contributed by atoms with E-state index in [1.807, 2.05) is 55.5 Å². The highest BCUT2D eigenvalue weighted by atomic mass is 16.5. The summed E-state index contributed by atoms with van der Waals surface area (Å²) in [5, 5.41) is 2.96. The molecule has 0 unspecified atom stereocenters. The molecule has 0 radical (unpaired) electrons. The van der Waals surface area contributed by atoms with Gasteiger partial charge >= 0.3 is 0 Å². The van der Waals surface area contributed by atoms with Crippen molar-refractivity contribution in [3.63, 3.8) is 0 Å². The van der Waals surface area contributed by atoms with Gasteiger partial charge in [-0.25, -0.2) is 4.98 Å². The van der Waals surface area contributed by atoms with E-state index in [0.717, 1.165) is 30.6 Å². The van der Waals surface area contributed by atoms with Crippen LogP contribution in [-0.4, -0.2) is 40.5 Å². The van der Waals surface area contributed by atoms with Crippen LogP contribution < -0.4 is 14.8 Å². The van der Waals surface area contributed by atoms with E-state index in [9.17, 15) is 4.79 Å². The number of rotatable bonds is 3. The van der Waals surface area contributed by atoms with Gasteiger partial charge in [0.2, 0.25) is 11.8 Å². The van der Waals surface area contributed by atoms with Crippen molar-refractivity contribution in [3.8, 4) is 17.4 Å². The molecule has 4 rings (SSSR count). The van der Waals surface area contributed by atoms with Crippen molar-refractivity contribution in [2.24, 2.45) is 5.41 Å². The number of benzene rings is 1. The Kier molecular flexibility index (Phi) is 7.43. The van der Waals surface area contributed by atoms with E-state index in [0.29, 0.717) is 36.2 Å². The summed E-state index contributed by atoms with van der Waals surface area (Å²) in [6.07, 6.45) is 5.30. The first-order valence-corrected chi connectivity index (χ1v) is 11.7. The molecule has 1 amide bonds. The van der Waals surface area contributed by atoms with Crippen LogP contribution in [0.3, 0.4) is 0 Å². The number of hydrogen-bond donors (Lipinski definition) is 1. The van der Waals surface area contributed by atoms with Gasteiger partial charge in [-0.2, -0.15) is 0 Å². The number of ether oxygens (including phenoxy) is 2. The molecule has 0 aliphatic carbocycles. The molecule has 34 heavy (non-hydrogen) atoms. The Morgan fingerprint density at radius 1 is 1.09 bits per heavy atom. The number of aryl methyl sites for hydroxylation is 1. The summed E-state index contributed by atoms with van der Waals surface area (Å²) in [6.45, 7) is 8.47. The van der Waals surface area contributed by atoms with Gasteiger partial charge in [-0.15, -0.1) is 0 Å². The molecule has 3 aromatic rings. The number of nitrogens with zero attached hydrogens (tertiary/aromatic N) is 3. The van der Waals surface area contributed by atoms with E-state index in [2.05, 4.69) is 34.0 Å². The molecule has 178 valence electrons. The zero-order valence-corrected chi connectivity index (χ0v) is 20.1. The summed E-state index contributed by atoms with van der Waals surface area (Å²) in [5.74, 6) is 1.78. The lowest BCUT2D eigenvalue weighted by atomic mass is 9.88. The summed E-state index contributed by atoms with van der Waals surface area (Å²) in [4.78, 5) is 23.7. The second-order valence-corrected chi connectivity index (χ2v) is 9.52. The Bertz CT molecular complexity index is 1110. The van der Waals surface area contributed by atoms with E-state index in [1.165, 1.54) is 0 Å². The number of pyridine rings is 2. The number of aromatic nitrogens is 2. The van der Waals surface area contributed by atoms with E-state index in [1.54, 1.807) is 12.4 Å². The van der Waals surface area contributed by atoms with Crippen molar-refractivity contribution in [1.82, 2.24) is 14.9 Å². The summed E-state index contributed by atoms with van der Waals surface area (Å²) in [5.41, 5.74) is 2.50. The van der Waals surface area contributed by atoms with Crippen molar-refractivity contribution in [1.29, 1.82) is 0 Å². The van der Waals surface area contributed by atoms with Crippen LogP contribution in [0.25, 0.3) is 0 Å². The number of para-hydroxylation sites is 2. The maximum Gasteiger partial charge on any atom is 0.238 e. The van der Waals surface area contributed by atoms with Gasteiger partial charge in [0.1, 0.15) is 0 Å². The number of nitrogens with one attached hydrogen (secondary N) is 1. The van der Waals surface area contributed by atoms with Gasteiger partial charge in [0.05, 0.1) is 25.0 Å². The fourth-order valence-electron chi connectivity index (χ4n) is 3.92. The monoisotopic (exact) mass is 460 g/mol. The van der Waals surface area contributed by atoms with Gasteiger partial charge in [0, 0.05) is 24.0 Å². The van der Waals surface area contributed by atoms with Crippen molar-refractivity contribution >= 4 is 11.6 Å². The Morgan fingerprint density at radius 3 is 2.71 bits per heavy atom. The quantitative estimate of drug-likeness (QED) is 0.578. The summed E-state index contributed by atoms with van der Waals surface area (Å²) in [6, 6.07) is 15.3. The maximum atomic E-state index is 12.9. The smallest absolute Gasteiger partial charge is 0.238 e. The highest BCUT2D eigenvalue weighted by Crippen LogP contribution is 2.34. The second-order valence-electron chi connectivity index (χ2n) is 9.52. The summed E-state index contributed by atoms with van der Waals surface area (Å²) < 4.78 is 12.4. The number of amides is 1. The molecule has 1 aliphatic rings. The number of carbonyl (C=O) groups is 1. The number of hydrogen-bond acceptors (Lipinski definition) is 6. The van der Waals surface area contributed by atoms with Gasteiger partial charge in [0.15, 0.2) is 11.5 Å². The molecule has 0 saturated carbocycles. The number of fused-ring (bicyclic) bond motifs is 2. The van der Waals surface area contributed by atoms with Crippen LogP contribution in [0, 0.1) is 12.3 Å². The van der Waals surface area contributed by atoms with Crippen LogP contribution in [-0.2, 0) is 11.3 Å².